The van der Waals surface area contributed by atoms with Crippen LogP contribution in [0.4, 0.5) is 9.93 Å². The van der Waals surface area contributed by atoms with Crippen LogP contribution in [0.5, 0.6) is 0 Å². The molecular weight excluding hydrogens is 430 g/mol. The molecule has 0 spiro atoms. The second-order valence-corrected chi connectivity index (χ2v) is 8.53. The molecule has 2 aliphatic rings. The maximum Gasteiger partial charge on any atom is 0.445 e. The number of rotatable bonds is 4. The van der Waals surface area contributed by atoms with Crippen LogP contribution in [0.15, 0.2) is 32.8 Å². The van der Waals surface area contributed by atoms with Gasteiger partial charge in [-0.25, -0.2) is 9.79 Å². The smallest absolute Gasteiger partial charge is 0.445 e. The quantitative estimate of drug-likeness (QED) is 0.698. The summed E-state index contributed by atoms with van der Waals surface area (Å²) in [5.41, 5.74) is 0. The monoisotopic (exact) mass is 446 g/mol. The Bertz CT molecular complexity index is 1130. The van der Waals surface area contributed by atoms with Crippen LogP contribution in [0.1, 0.15) is 10.8 Å². The number of carbonyl (C=O) groups excluding carboxylic acids is 3. The van der Waals surface area contributed by atoms with Crippen LogP contribution in [0, 0.1) is 12.8 Å². The van der Waals surface area contributed by atoms with Crippen LogP contribution >= 0.6 is 23.1 Å². The van der Waals surface area contributed by atoms with Crippen molar-refractivity contribution in [3.05, 3.63) is 29.2 Å². The summed E-state index contributed by atoms with van der Waals surface area (Å²) in [7, 11) is 2.94. The lowest BCUT2D eigenvalue weighted by Gasteiger charge is -2.26. The summed E-state index contributed by atoms with van der Waals surface area (Å²) >= 11 is 2.35. The number of imide groups is 1. The third-order valence-corrected chi connectivity index (χ3v) is 6.09. The molecule has 0 saturated heterocycles. The molecule has 1 atom stereocenters. The first-order chi connectivity index (χ1) is 14.3. The molecule has 11 nitrogen and oxygen atoms in total. The van der Waals surface area contributed by atoms with Crippen molar-refractivity contribution in [1.82, 2.24) is 15.1 Å². The number of amides is 4. The summed E-state index contributed by atoms with van der Waals surface area (Å²) in [4.78, 5) is 47.4. The molecular formula is C17H16N7O4S2+. The number of anilines is 1. The fraction of sp³-hybridized carbons (Fsp3) is 0.294. The van der Waals surface area contributed by atoms with E-state index in [2.05, 4.69) is 25.5 Å². The van der Waals surface area contributed by atoms with Crippen molar-refractivity contribution in [2.24, 2.45) is 15.9 Å². The summed E-state index contributed by atoms with van der Waals surface area (Å²) in [6.07, 6.45) is 1.48. The summed E-state index contributed by atoms with van der Waals surface area (Å²) in [6, 6.07) is 2.86. The number of furan rings is 1. The zero-order valence-electron chi connectivity index (χ0n) is 16.1. The normalized spacial score (nSPS) is 18.9. The third kappa shape index (κ3) is 3.68. The predicted molar refractivity (Wildman–Crippen MR) is 111 cm³/mol. The number of thioether (sulfide) groups is 1. The maximum atomic E-state index is 12.8. The van der Waals surface area contributed by atoms with Gasteiger partial charge in [-0.05, 0) is 19.1 Å². The molecule has 1 unspecified atom stereocenters. The van der Waals surface area contributed by atoms with E-state index in [4.69, 9.17) is 4.42 Å². The minimum absolute atomic E-state index is 0.0126. The van der Waals surface area contributed by atoms with E-state index < -0.39 is 17.9 Å². The molecule has 2 aromatic heterocycles. The maximum absolute atomic E-state index is 12.8. The average molecular weight is 446 g/mol. The second kappa shape index (κ2) is 7.91. The van der Waals surface area contributed by atoms with Crippen LogP contribution in [0.3, 0.4) is 0 Å². The van der Waals surface area contributed by atoms with Crippen molar-refractivity contribution in [2.75, 3.05) is 25.2 Å². The SMILES string of the molecule is Cc1nnc(NC(=O)CSC2=NC(c3ccco3)=NC3=[N+](C)C(=O)N(C)C(=O)C23)s1. The Morgan fingerprint density at radius 1 is 1.37 bits per heavy atom. The molecule has 0 saturated carbocycles. The van der Waals surface area contributed by atoms with Crippen molar-refractivity contribution in [3.8, 4) is 0 Å². The molecule has 154 valence electrons. The molecule has 4 heterocycles. The first-order valence-electron chi connectivity index (χ1n) is 8.71. The van der Waals surface area contributed by atoms with Gasteiger partial charge in [0.2, 0.25) is 11.0 Å². The van der Waals surface area contributed by atoms with Gasteiger partial charge in [0.15, 0.2) is 11.7 Å². The second-order valence-electron chi connectivity index (χ2n) is 6.36. The molecule has 0 aromatic carbocycles. The fourth-order valence-electron chi connectivity index (χ4n) is 2.85. The number of hydrogen-bond acceptors (Lipinski definition) is 10. The largest absolute Gasteiger partial charge is 0.459 e. The van der Waals surface area contributed by atoms with Crippen LogP contribution in [-0.2, 0) is 9.59 Å². The van der Waals surface area contributed by atoms with E-state index in [0.717, 1.165) is 21.7 Å². The highest BCUT2D eigenvalue weighted by Crippen LogP contribution is 2.27. The van der Waals surface area contributed by atoms with Gasteiger partial charge in [0.05, 0.1) is 26.1 Å². The van der Waals surface area contributed by atoms with Gasteiger partial charge >= 0.3 is 11.9 Å². The van der Waals surface area contributed by atoms with Crippen LogP contribution < -0.4 is 5.32 Å². The number of aliphatic imine (C=N–C) groups is 2. The van der Waals surface area contributed by atoms with Gasteiger partial charge in [-0.1, -0.05) is 28.1 Å². The van der Waals surface area contributed by atoms with E-state index in [1.165, 1.54) is 36.3 Å². The van der Waals surface area contributed by atoms with Crippen LogP contribution in [-0.4, -0.2) is 74.1 Å². The first kappa shape index (κ1) is 20.1. The number of urea groups is 1. The highest BCUT2D eigenvalue weighted by molar-refractivity contribution is 8.14. The number of aryl methyl sites for hydroxylation is 1. The average Bonchev–Trinajstić information content (AvgIpc) is 3.40. The van der Waals surface area contributed by atoms with Crippen molar-refractivity contribution < 1.29 is 23.4 Å². The lowest BCUT2D eigenvalue weighted by molar-refractivity contribution is -0.407. The highest BCUT2D eigenvalue weighted by atomic mass is 32.2. The minimum Gasteiger partial charge on any atom is -0.459 e. The number of hydrogen-bond donors (Lipinski definition) is 1. The molecule has 2 aromatic rings. The molecule has 0 radical (unpaired) electrons. The van der Waals surface area contributed by atoms with Gasteiger partial charge in [0.1, 0.15) is 10.1 Å². The number of fused-ring (bicyclic) bond motifs is 1. The van der Waals surface area contributed by atoms with Crippen LogP contribution in [0.25, 0.3) is 0 Å². The Morgan fingerprint density at radius 3 is 2.83 bits per heavy atom. The van der Waals surface area contributed by atoms with Gasteiger partial charge < -0.3 is 4.42 Å². The molecule has 0 bridgehead atoms. The number of amidine groups is 2. The van der Waals surface area contributed by atoms with E-state index in [-0.39, 0.29) is 23.3 Å². The Hall–Kier alpha value is -3.19. The molecule has 1 N–H and O–H groups in total. The van der Waals surface area contributed by atoms with Gasteiger partial charge in [-0.15, -0.1) is 10.2 Å². The van der Waals surface area contributed by atoms with Gasteiger partial charge in [-0.2, -0.15) is 9.48 Å². The van der Waals surface area contributed by atoms with Gasteiger partial charge in [0, 0.05) is 0 Å². The molecule has 4 rings (SSSR count). The minimum atomic E-state index is -0.877. The Kier molecular flexibility index (Phi) is 5.30. The number of nitrogens with zero attached hydrogens (tertiary/aromatic N) is 6. The van der Waals surface area contributed by atoms with E-state index in [1.54, 1.807) is 19.1 Å². The number of carbonyl (C=O) groups is 3. The Balaban J connectivity index is 1.62. The van der Waals surface area contributed by atoms with Gasteiger partial charge in [-0.3, -0.25) is 14.9 Å². The van der Waals surface area contributed by atoms with E-state index in [0.29, 0.717) is 15.9 Å². The highest BCUT2D eigenvalue weighted by Gasteiger charge is 2.49. The van der Waals surface area contributed by atoms with E-state index in [9.17, 15) is 14.4 Å². The lowest BCUT2D eigenvalue weighted by atomic mass is 10.0. The van der Waals surface area contributed by atoms with Crippen molar-refractivity contribution in [1.29, 1.82) is 0 Å². The summed E-state index contributed by atoms with van der Waals surface area (Å²) in [6.45, 7) is 1.79. The van der Waals surface area contributed by atoms with E-state index in [1.807, 2.05) is 0 Å². The fourth-order valence-corrected chi connectivity index (χ4v) is 4.33. The van der Waals surface area contributed by atoms with Crippen LogP contribution in [0.2, 0.25) is 0 Å². The molecule has 30 heavy (non-hydrogen) atoms. The Morgan fingerprint density at radius 2 is 2.17 bits per heavy atom. The number of nitrogens with one attached hydrogen (secondary N) is 1. The topological polar surface area (TPSA) is 133 Å². The van der Waals surface area contributed by atoms with Crippen molar-refractivity contribution >= 4 is 62.8 Å². The summed E-state index contributed by atoms with van der Waals surface area (Å²) in [5.74, 6) is -0.803. The molecule has 0 fully saturated rings. The zero-order chi connectivity index (χ0) is 21.4. The molecule has 13 heteroatoms. The zero-order valence-corrected chi connectivity index (χ0v) is 17.8. The number of aromatic nitrogens is 2. The standard InChI is InChI=1S/C17H15N7O4S2/c1-8-21-22-16(30-8)18-10(25)7-29-14-11-13(23(2)17(27)24(3)15(11)26)19-12(20-14)9-5-4-6-28-9/h4-6,11H,7H2,1-3H3/p+1. The molecule has 2 aliphatic heterocycles. The van der Waals surface area contributed by atoms with Crippen molar-refractivity contribution in [2.45, 2.75) is 6.92 Å². The van der Waals surface area contributed by atoms with E-state index >= 15 is 0 Å². The Labute approximate surface area is 178 Å². The summed E-state index contributed by atoms with van der Waals surface area (Å²) in [5, 5.41) is 11.9. The molecule has 0 aliphatic carbocycles. The predicted octanol–water partition coefficient (Wildman–Crippen LogP) is 1.22. The third-order valence-electron chi connectivity index (χ3n) is 4.30. The molecule has 4 amide bonds. The first-order valence-corrected chi connectivity index (χ1v) is 10.5. The van der Waals surface area contributed by atoms with Gasteiger partial charge in [0.25, 0.3) is 11.7 Å². The van der Waals surface area contributed by atoms with Crippen molar-refractivity contribution in [3.63, 3.8) is 0 Å². The lowest BCUT2D eigenvalue weighted by Crippen LogP contribution is -2.54. The summed E-state index contributed by atoms with van der Waals surface area (Å²) < 4.78 is 6.67.